The molecule has 1 aromatic carbocycles. The molecule has 1 unspecified atom stereocenters. The van der Waals surface area contributed by atoms with Crippen molar-refractivity contribution in [2.75, 3.05) is 18.4 Å². The van der Waals surface area contributed by atoms with E-state index >= 15 is 0 Å². The predicted molar refractivity (Wildman–Crippen MR) is 98.0 cm³/mol. The van der Waals surface area contributed by atoms with E-state index in [0.29, 0.717) is 17.0 Å². The summed E-state index contributed by atoms with van der Waals surface area (Å²) in [5, 5.41) is 6.35. The molecule has 28 heavy (non-hydrogen) atoms. The van der Waals surface area contributed by atoms with E-state index in [2.05, 4.69) is 25.6 Å². The van der Waals surface area contributed by atoms with Gasteiger partial charge in [-0.3, -0.25) is 15.0 Å². The molecular formula is C19H18F3N5O. The summed E-state index contributed by atoms with van der Waals surface area (Å²) in [6.07, 6.45) is 2.31. The van der Waals surface area contributed by atoms with Gasteiger partial charge in [-0.15, -0.1) is 0 Å². The maximum atomic E-state index is 13.4. The Hall–Kier alpha value is -2.94. The van der Waals surface area contributed by atoms with E-state index in [4.69, 9.17) is 4.74 Å². The number of halogens is 3. The third kappa shape index (κ3) is 3.99. The number of nitrogens with zero attached hydrogens (tertiary/aromatic N) is 3. The summed E-state index contributed by atoms with van der Waals surface area (Å²) in [7, 11) is 0. The van der Waals surface area contributed by atoms with Crippen LogP contribution in [-0.4, -0.2) is 34.1 Å². The van der Waals surface area contributed by atoms with Crippen molar-refractivity contribution in [2.45, 2.75) is 25.2 Å². The number of fused-ring (bicyclic) bond motifs is 1. The summed E-state index contributed by atoms with van der Waals surface area (Å²) in [6, 6.07) is 4.44. The molecule has 4 rings (SSSR count). The largest absolute Gasteiger partial charge is 0.487 e. The van der Waals surface area contributed by atoms with Crippen LogP contribution in [0.3, 0.4) is 0 Å². The highest BCUT2D eigenvalue weighted by atomic mass is 19.4. The van der Waals surface area contributed by atoms with Crippen LogP contribution in [0.15, 0.2) is 43.0 Å². The lowest BCUT2D eigenvalue weighted by molar-refractivity contribution is -0.136. The molecule has 6 nitrogen and oxygen atoms in total. The minimum Gasteiger partial charge on any atom is -0.487 e. The van der Waals surface area contributed by atoms with Gasteiger partial charge in [-0.1, -0.05) is 0 Å². The lowest BCUT2D eigenvalue weighted by Gasteiger charge is -2.17. The molecule has 0 saturated carbocycles. The summed E-state index contributed by atoms with van der Waals surface area (Å²) in [6.45, 7) is 1.83. The monoisotopic (exact) mass is 389 g/mol. The SMILES string of the molecule is FC(F)(F)c1cc(CNc2cnccc2OC2CCNC2)cc2nccnc12. The molecule has 0 aliphatic carbocycles. The number of nitrogens with one attached hydrogen (secondary N) is 2. The number of aromatic nitrogens is 3. The molecule has 0 bridgehead atoms. The van der Waals surface area contributed by atoms with Crippen molar-refractivity contribution < 1.29 is 17.9 Å². The van der Waals surface area contributed by atoms with Gasteiger partial charge in [-0.2, -0.15) is 13.2 Å². The van der Waals surface area contributed by atoms with Crippen LogP contribution in [0.2, 0.25) is 0 Å². The van der Waals surface area contributed by atoms with Gasteiger partial charge in [0.25, 0.3) is 0 Å². The highest BCUT2D eigenvalue weighted by Gasteiger charge is 2.34. The Morgan fingerprint density at radius 3 is 2.82 bits per heavy atom. The Labute approximate surface area is 159 Å². The first-order valence-electron chi connectivity index (χ1n) is 8.87. The standard InChI is InChI=1S/C19H18F3N5O/c20-19(21,22)14-7-12(8-15-18(14)26-6-5-25-15)9-27-16-11-24-4-2-17(16)28-13-1-3-23-10-13/h2,4-8,11,13,23,27H,1,3,9-10H2. The Balaban J connectivity index is 1.58. The minimum absolute atomic E-state index is 0.0655. The second kappa shape index (κ2) is 7.59. The van der Waals surface area contributed by atoms with Crippen LogP contribution < -0.4 is 15.4 Å². The van der Waals surface area contributed by atoms with Gasteiger partial charge in [-0.25, -0.2) is 0 Å². The second-order valence-electron chi connectivity index (χ2n) is 6.52. The van der Waals surface area contributed by atoms with Gasteiger partial charge < -0.3 is 15.4 Å². The molecule has 0 radical (unpaired) electrons. The molecule has 2 aromatic heterocycles. The molecule has 1 saturated heterocycles. The molecule has 1 aliphatic rings. The maximum Gasteiger partial charge on any atom is 0.418 e. The number of anilines is 1. The lowest BCUT2D eigenvalue weighted by atomic mass is 10.1. The zero-order chi connectivity index (χ0) is 19.6. The average Bonchev–Trinajstić information content (AvgIpc) is 3.19. The maximum absolute atomic E-state index is 13.4. The highest BCUT2D eigenvalue weighted by molar-refractivity contribution is 5.79. The molecule has 1 atom stereocenters. The van der Waals surface area contributed by atoms with Crippen LogP contribution in [0.1, 0.15) is 17.5 Å². The third-order valence-electron chi connectivity index (χ3n) is 4.51. The number of pyridine rings is 1. The molecule has 0 spiro atoms. The van der Waals surface area contributed by atoms with Crippen LogP contribution in [0.25, 0.3) is 11.0 Å². The van der Waals surface area contributed by atoms with Gasteiger partial charge in [0.2, 0.25) is 0 Å². The normalized spacial score (nSPS) is 17.0. The van der Waals surface area contributed by atoms with Crippen molar-refractivity contribution >= 4 is 16.7 Å². The second-order valence-corrected chi connectivity index (χ2v) is 6.52. The fourth-order valence-corrected chi connectivity index (χ4v) is 3.17. The Bertz CT molecular complexity index is 973. The molecule has 1 aliphatic heterocycles. The average molecular weight is 389 g/mol. The zero-order valence-corrected chi connectivity index (χ0v) is 14.8. The fraction of sp³-hybridized carbons (Fsp3) is 0.316. The number of ether oxygens (including phenoxy) is 1. The van der Waals surface area contributed by atoms with E-state index in [9.17, 15) is 13.2 Å². The molecule has 2 N–H and O–H groups in total. The summed E-state index contributed by atoms with van der Waals surface area (Å²) in [4.78, 5) is 11.9. The van der Waals surface area contributed by atoms with Gasteiger partial charge in [0.15, 0.2) is 0 Å². The Morgan fingerprint density at radius 2 is 2.04 bits per heavy atom. The van der Waals surface area contributed by atoms with Crippen LogP contribution in [0.4, 0.5) is 18.9 Å². The summed E-state index contributed by atoms with van der Waals surface area (Å²) >= 11 is 0. The van der Waals surface area contributed by atoms with Crippen LogP contribution >= 0.6 is 0 Å². The topological polar surface area (TPSA) is 72.0 Å². The number of benzene rings is 1. The van der Waals surface area contributed by atoms with Crippen molar-refractivity contribution in [1.29, 1.82) is 0 Å². The molecule has 1 fully saturated rings. The molecule has 9 heteroatoms. The first-order chi connectivity index (χ1) is 13.5. The minimum atomic E-state index is -4.51. The van der Waals surface area contributed by atoms with E-state index in [0.717, 1.165) is 25.6 Å². The van der Waals surface area contributed by atoms with Gasteiger partial charge >= 0.3 is 6.18 Å². The van der Waals surface area contributed by atoms with Crippen molar-refractivity contribution in [3.63, 3.8) is 0 Å². The van der Waals surface area contributed by atoms with Crippen LogP contribution in [-0.2, 0) is 12.7 Å². The predicted octanol–water partition coefficient (Wildman–Crippen LogP) is 3.40. The van der Waals surface area contributed by atoms with E-state index < -0.39 is 11.7 Å². The van der Waals surface area contributed by atoms with Crippen molar-refractivity contribution in [1.82, 2.24) is 20.3 Å². The first-order valence-corrected chi connectivity index (χ1v) is 8.87. The van der Waals surface area contributed by atoms with Gasteiger partial charge in [0.1, 0.15) is 17.4 Å². The quantitative estimate of drug-likeness (QED) is 0.697. The van der Waals surface area contributed by atoms with Crippen molar-refractivity contribution in [3.8, 4) is 5.75 Å². The zero-order valence-electron chi connectivity index (χ0n) is 14.8. The van der Waals surface area contributed by atoms with Gasteiger partial charge in [0, 0.05) is 37.7 Å². The Kier molecular flexibility index (Phi) is 4.99. The van der Waals surface area contributed by atoms with E-state index in [-0.39, 0.29) is 23.7 Å². The van der Waals surface area contributed by atoms with Crippen LogP contribution in [0.5, 0.6) is 5.75 Å². The fourth-order valence-electron chi connectivity index (χ4n) is 3.17. The molecule has 3 aromatic rings. The van der Waals surface area contributed by atoms with Crippen LogP contribution in [0, 0.1) is 0 Å². The lowest BCUT2D eigenvalue weighted by Crippen LogP contribution is -2.20. The molecule has 3 heterocycles. The molecule has 0 amide bonds. The number of hydrogen-bond donors (Lipinski definition) is 2. The summed E-state index contributed by atoms with van der Waals surface area (Å²) < 4.78 is 46.3. The molecule has 146 valence electrons. The first kappa shape index (κ1) is 18.4. The van der Waals surface area contributed by atoms with Gasteiger partial charge in [0.05, 0.1) is 23.0 Å². The van der Waals surface area contributed by atoms with E-state index in [1.54, 1.807) is 24.5 Å². The summed E-state index contributed by atoms with van der Waals surface area (Å²) in [5.41, 5.74) is 0.321. The summed E-state index contributed by atoms with van der Waals surface area (Å²) in [5.74, 6) is 0.625. The van der Waals surface area contributed by atoms with Crippen molar-refractivity contribution in [2.24, 2.45) is 0 Å². The molecular weight excluding hydrogens is 371 g/mol. The Morgan fingerprint density at radius 1 is 1.18 bits per heavy atom. The smallest absolute Gasteiger partial charge is 0.418 e. The van der Waals surface area contributed by atoms with Crippen molar-refractivity contribution in [3.05, 3.63) is 54.1 Å². The highest BCUT2D eigenvalue weighted by Crippen LogP contribution is 2.34. The number of hydrogen-bond acceptors (Lipinski definition) is 6. The van der Waals surface area contributed by atoms with E-state index in [1.807, 2.05) is 0 Å². The van der Waals surface area contributed by atoms with E-state index in [1.165, 1.54) is 12.4 Å². The number of alkyl halides is 3. The van der Waals surface area contributed by atoms with Gasteiger partial charge in [-0.05, 0) is 30.7 Å². The number of rotatable bonds is 5. The third-order valence-corrected chi connectivity index (χ3v) is 4.51.